The molecule has 0 unspecified atom stereocenters. The van der Waals surface area contributed by atoms with Crippen LogP contribution in [0, 0.1) is 0 Å². The highest BCUT2D eigenvalue weighted by atomic mass is 79.9. The van der Waals surface area contributed by atoms with Crippen LogP contribution in [0.5, 0.6) is 11.5 Å². The molecule has 0 bridgehead atoms. The summed E-state index contributed by atoms with van der Waals surface area (Å²) in [7, 11) is 1.59. The molecule has 1 aromatic rings. The summed E-state index contributed by atoms with van der Waals surface area (Å²) >= 11 is 3.40. The molecule has 0 spiro atoms. The Labute approximate surface area is 104 Å². The fraction of sp³-hybridized carbons (Fsp3) is 0.417. The fourth-order valence-corrected chi connectivity index (χ4v) is 2.12. The number of carbonyl (C=O) groups excluding carboxylic acids is 1. The lowest BCUT2D eigenvalue weighted by molar-refractivity contribution is -0.116. The number of Topliss-reactive ketones (excluding diaryl/α,β-unsaturated/α-hetero) is 1. The topological polar surface area (TPSA) is 35.5 Å². The molecule has 0 aliphatic rings. The van der Waals surface area contributed by atoms with E-state index in [0.29, 0.717) is 24.5 Å². The molecular weight excluding hydrogens is 272 g/mol. The van der Waals surface area contributed by atoms with Crippen LogP contribution in [0.1, 0.15) is 19.4 Å². The summed E-state index contributed by atoms with van der Waals surface area (Å²) < 4.78 is 11.5. The van der Waals surface area contributed by atoms with E-state index in [1.54, 1.807) is 14.0 Å². The van der Waals surface area contributed by atoms with Gasteiger partial charge in [-0.25, -0.2) is 0 Å². The minimum absolute atomic E-state index is 0.125. The van der Waals surface area contributed by atoms with E-state index in [2.05, 4.69) is 15.9 Å². The summed E-state index contributed by atoms with van der Waals surface area (Å²) in [4.78, 5) is 11.1. The Morgan fingerprint density at radius 1 is 1.44 bits per heavy atom. The highest BCUT2D eigenvalue weighted by molar-refractivity contribution is 9.10. The van der Waals surface area contributed by atoms with Crippen LogP contribution in [0.15, 0.2) is 16.6 Å². The third-order valence-corrected chi connectivity index (χ3v) is 2.62. The van der Waals surface area contributed by atoms with E-state index in [4.69, 9.17) is 9.47 Å². The average Bonchev–Trinajstić information content (AvgIpc) is 2.16. The van der Waals surface area contributed by atoms with Crippen LogP contribution >= 0.6 is 15.9 Å². The van der Waals surface area contributed by atoms with Gasteiger partial charge in [-0.05, 0) is 47.5 Å². The van der Waals surface area contributed by atoms with Crippen molar-refractivity contribution in [1.82, 2.24) is 0 Å². The van der Waals surface area contributed by atoms with E-state index in [-0.39, 0.29) is 5.78 Å². The Morgan fingerprint density at radius 2 is 2.12 bits per heavy atom. The van der Waals surface area contributed by atoms with Gasteiger partial charge in [-0.3, -0.25) is 4.79 Å². The predicted octanol–water partition coefficient (Wildman–Crippen LogP) is 2.99. The van der Waals surface area contributed by atoms with E-state index >= 15 is 0 Å². The monoisotopic (exact) mass is 286 g/mol. The van der Waals surface area contributed by atoms with Gasteiger partial charge < -0.3 is 9.47 Å². The Morgan fingerprint density at radius 3 is 2.62 bits per heavy atom. The second-order valence-corrected chi connectivity index (χ2v) is 4.28. The van der Waals surface area contributed by atoms with Crippen LogP contribution in [-0.4, -0.2) is 19.5 Å². The van der Waals surface area contributed by atoms with Crippen molar-refractivity contribution in [2.75, 3.05) is 13.7 Å². The molecular formula is C12H15BrO3. The summed E-state index contributed by atoms with van der Waals surface area (Å²) in [5.74, 6) is 1.45. The normalized spacial score (nSPS) is 10.0. The van der Waals surface area contributed by atoms with E-state index in [1.165, 1.54) is 0 Å². The predicted molar refractivity (Wildman–Crippen MR) is 66.2 cm³/mol. The molecule has 0 heterocycles. The molecule has 0 aliphatic heterocycles. The van der Waals surface area contributed by atoms with Crippen molar-refractivity contribution in [1.29, 1.82) is 0 Å². The Hall–Kier alpha value is -1.03. The highest BCUT2D eigenvalue weighted by Gasteiger charge is 2.11. The molecule has 1 rings (SSSR count). The van der Waals surface area contributed by atoms with Crippen LogP contribution in [0.2, 0.25) is 0 Å². The van der Waals surface area contributed by atoms with E-state index in [9.17, 15) is 4.79 Å². The van der Waals surface area contributed by atoms with Crippen molar-refractivity contribution in [3.8, 4) is 11.5 Å². The first kappa shape index (κ1) is 13.0. The Kier molecular flexibility index (Phi) is 4.80. The summed E-state index contributed by atoms with van der Waals surface area (Å²) in [6.45, 7) is 4.04. The van der Waals surface area contributed by atoms with Crippen molar-refractivity contribution in [3.05, 3.63) is 22.2 Å². The standard InChI is InChI=1S/C12H15BrO3/c1-4-16-11-7-9(5-8(2)14)6-10(13)12(11)15-3/h6-7H,4-5H2,1-3H3. The lowest BCUT2D eigenvalue weighted by Crippen LogP contribution is -2.00. The van der Waals surface area contributed by atoms with Gasteiger partial charge >= 0.3 is 0 Å². The second-order valence-electron chi connectivity index (χ2n) is 3.42. The molecule has 0 saturated heterocycles. The summed E-state index contributed by atoms with van der Waals surface area (Å²) in [6.07, 6.45) is 0.405. The van der Waals surface area contributed by atoms with Crippen molar-refractivity contribution >= 4 is 21.7 Å². The number of ether oxygens (including phenoxy) is 2. The molecule has 0 N–H and O–H groups in total. The minimum Gasteiger partial charge on any atom is -0.492 e. The molecule has 0 amide bonds. The van der Waals surface area contributed by atoms with Crippen molar-refractivity contribution < 1.29 is 14.3 Å². The first-order valence-electron chi connectivity index (χ1n) is 5.07. The minimum atomic E-state index is 0.125. The number of benzene rings is 1. The van der Waals surface area contributed by atoms with Crippen LogP contribution in [0.3, 0.4) is 0 Å². The number of hydrogen-bond acceptors (Lipinski definition) is 3. The summed E-state index contributed by atoms with van der Waals surface area (Å²) in [5.41, 5.74) is 0.920. The molecule has 0 radical (unpaired) electrons. The lowest BCUT2D eigenvalue weighted by Gasteiger charge is -2.12. The highest BCUT2D eigenvalue weighted by Crippen LogP contribution is 2.36. The maximum absolute atomic E-state index is 11.1. The van der Waals surface area contributed by atoms with Crippen LogP contribution in [-0.2, 0) is 11.2 Å². The molecule has 88 valence electrons. The smallest absolute Gasteiger partial charge is 0.174 e. The Balaban J connectivity index is 3.11. The quantitative estimate of drug-likeness (QED) is 0.835. The molecule has 0 saturated carbocycles. The van der Waals surface area contributed by atoms with Crippen molar-refractivity contribution in [2.45, 2.75) is 20.3 Å². The molecule has 1 aromatic carbocycles. The van der Waals surface area contributed by atoms with Gasteiger partial charge in [-0.15, -0.1) is 0 Å². The zero-order valence-corrected chi connectivity index (χ0v) is 11.3. The van der Waals surface area contributed by atoms with Crippen LogP contribution in [0.4, 0.5) is 0 Å². The van der Waals surface area contributed by atoms with E-state index in [1.807, 2.05) is 19.1 Å². The average molecular weight is 287 g/mol. The SMILES string of the molecule is CCOc1cc(CC(C)=O)cc(Br)c1OC. The molecule has 0 aliphatic carbocycles. The van der Waals surface area contributed by atoms with Crippen molar-refractivity contribution in [2.24, 2.45) is 0 Å². The molecule has 3 nitrogen and oxygen atoms in total. The fourth-order valence-electron chi connectivity index (χ4n) is 1.47. The van der Waals surface area contributed by atoms with Gasteiger partial charge in [0, 0.05) is 6.42 Å². The van der Waals surface area contributed by atoms with Gasteiger partial charge in [0.2, 0.25) is 0 Å². The van der Waals surface area contributed by atoms with E-state index < -0.39 is 0 Å². The van der Waals surface area contributed by atoms with E-state index in [0.717, 1.165) is 10.0 Å². The number of ketones is 1. The maximum Gasteiger partial charge on any atom is 0.174 e. The molecule has 0 atom stereocenters. The number of hydrogen-bond donors (Lipinski definition) is 0. The Bertz CT molecular complexity index is 388. The van der Waals surface area contributed by atoms with Crippen LogP contribution in [0.25, 0.3) is 0 Å². The second kappa shape index (κ2) is 5.89. The number of rotatable bonds is 5. The third kappa shape index (κ3) is 3.23. The largest absolute Gasteiger partial charge is 0.492 e. The summed E-state index contributed by atoms with van der Waals surface area (Å²) in [6, 6.07) is 3.72. The third-order valence-electron chi connectivity index (χ3n) is 2.03. The van der Waals surface area contributed by atoms with Gasteiger partial charge in [0.1, 0.15) is 5.78 Å². The van der Waals surface area contributed by atoms with Gasteiger partial charge in [-0.1, -0.05) is 0 Å². The number of carbonyl (C=O) groups is 1. The molecule has 4 heteroatoms. The van der Waals surface area contributed by atoms with Gasteiger partial charge in [-0.2, -0.15) is 0 Å². The maximum atomic E-state index is 11.1. The first-order valence-corrected chi connectivity index (χ1v) is 5.86. The lowest BCUT2D eigenvalue weighted by atomic mass is 10.1. The zero-order valence-electron chi connectivity index (χ0n) is 9.67. The summed E-state index contributed by atoms with van der Waals surface area (Å²) in [5, 5.41) is 0. The van der Waals surface area contributed by atoms with Crippen LogP contribution < -0.4 is 9.47 Å². The van der Waals surface area contributed by atoms with Crippen molar-refractivity contribution in [3.63, 3.8) is 0 Å². The first-order chi connectivity index (χ1) is 7.58. The van der Waals surface area contributed by atoms with Gasteiger partial charge in [0.25, 0.3) is 0 Å². The number of methoxy groups -OCH3 is 1. The molecule has 0 aromatic heterocycles. The zero-order chi connectivity index (χ0) is 12.1. The van der Waals surface area contributed by atoms with Gasteiger partial charge in [0.05, 0.1) is 18.2 Å². The number of halogens is 1. The van der Waals surface area contributed by atoms with Gasteiger partial charge in [0.15, 0.2) is 11.5 Å². The molecule has 16 heavy (non-hydrogen) atoms. The molecule has 0 fully saturated rings.